The van der Waals surface area contributed by atoms with Gasteiger partial charge in [0.05, 0.1) is 24.3 Å². The number of carbonyl (C=O) groups excluding carboxylic acids is 1. The highest BCUT2D eigenvalue weighted by atomic mass is 32.2. The van der Waals surface area contributed by atoms with E-state index in [4.69, 9.17) is 4.74 Å². The van der Waals surface area contributed by atoms with E-state index in [-0.39, 0.29) is 11.9 Å². The lowest BCUT2D eigenvalue weighted by molar-refractivity contribution is -0.156. The fraction of sp³-hybridized carbons (Fsp3) is 0.667. The molecule has 0 bridgehead atoms. The maximum atomic E-state index is 13.4. The number of aromatic amines is 1. The lowest BCUT2D eigenvalue weighted by Gasteiger charge is -2.46. The molecule has 1 aromatic heterocycles. The van der Waals surface area contributed by atoms with Gasteiger partial charge in [0.1, 0.15) is 0 Å². The van der Waals surface area contributed by atoms with Crippen molar-refractivity contribution in [1.82, 2.24) is 14.2 Å². The lowest BCUT2D eigenvalue weighted by Crippen LogP contribution is -2.50. The maximum absolute atomic E-state index is 13.4. The smallest absolute Gasteiger partial charge is 0.416 e. The Morgan fingerprint density at radius 2 is 1.92 bits per heavy atom. The van der Waals surface area contributed by atoms with Crippen molar-refractivity contribution in [3.05, 3.63) is 35.0 Å². The van der Waals surface area contributed by atoms with Gasteiger partial charge in [0.25, 0.3) is 0 Å². The molecular weight excluding hydrogens is 519 g/mol. The fourth-order valence-electron chi connectivity index (χ4n) is 7.12. The van der Waals surface area contributed by atoms with Crippen molar-refractivity contribution in [3.8, 4) is 0 Å². The molecule has 2 saturated heterocycles. The Labute approximate surface area is 221 Å². The molecular formula is C27H36F3N3O4S. The number of sulfonamides is 1. The Morgan fingerprint density at radius 1 is 1.21 bits per heavy atom. The van der Waals surface area contributed by atoms with Crippen LogP contribution in [0.4, 0.5) is 13.2 Å². The molecule has 5 rings (SSSR count). The minimum Gasteiger partial charge on any atom is -0.469 e. The van der Waals surface area contributed by atoms with E-state index in [0.717, 1.165) is 48.8 Å². The third-order valence-electron chi connectivity index (χ3n) is 9.38. The third-order valence-corrected chi connectivity index (χ3v) is 10.7. The summed E-state index contributed by atoms with van der Waals surface area (Å²) in [5.74, 6) is 0.592. The summed E-state index contributed by atoms with van der Waals surface area (Å²) in [6.45, 7) is 5.16. The minimum atomic E-state index is -4.38. The zero-order chi connectivity index (χ0) is 27.5. The molecule has 3 heterocycles. The van der Waals surface area contributed by atoms with Gasteiger partial charge in [-0.25, -0.2) is 12.7 Å². The Kier molecular flexibility index (Phi) is 7.09. The Morgan fingerprint density at radius 3 is 2.55 bits per heavy atom. The van der Waals surface area contributed by atoms with Gasteiger partial charge in [-0.2, -0.15) is 13.2 Å². The second kappa shape index (κ2) is 9.82. The molecule has 38 heavy (non-hydrogen) atoms. The number of alkyl halides is 3. The summed E-state index contributed by atoms with van der Waals surface area (Å²) in [6, 6.07) is 3.97. The number of piperidine rings is 2. The topological polar surface area (TPSA) is 82.7 Å². The largest absolute Gasteiger partial charge is 0.469 e. The highest BCUT2D eigenvalue weighted by Gasteiger charge is 2.45. The number of nitrogens with one attached hydrogen (secondary N) is 1. The maximum Gasteiger partial charge on any atom is 0.416 e. The van der Waals surface area contributed by atoms with Crippen molar-refractivity contribution >= 4 is 26.9 Å². The molecule has 0 amide bonds. The van der Waals surface area contributed by atoms with E-state index in [1.165, 1.54) is 23.7 Å². The minimum absolute atomic E-state index is 0.108. The molecule has 0 radical (unpaired) electrons. The van der Waals surface area contributed by atoms with Crippen molar-refractivity contribution in [2.75, 3.05) is 46.1 Å². The summed E-state index contributed by atoms with van der Waals surface area (Å²) in [7, 11) is -1.92. The molecule has 0 saturated carbocycles. The number of ether oxygens (including phenoxy) is 1. The molecule has 3 aliphatic rings. The molecule has 1 N–H and O–H groups in total. The zero-order valence-electron chi connectivity index (χ0n) is 22.1. The number of aromatic nitrogens is 1. The molecule has 1 aliphatic carbocycles. The van der Waals surface area contributed by atoms with Crippen molar-refractivity contribution < 1.29 is 31.1 Å². The average Bonchev–Trinajstić information content (AvgIpc) is 3.24. The van der Waals surface area contributed by atoms with Crippen molar-refractivity contribution in [3.63, 3.8) is 0 Å². The van der Waals surface area contributed by atoms with Gasteiger partial charge in [0.15, 0.2) is 0 Å². The number of methoxy groups -OCH3 is 1. The molecule has 3 atom stereocenters. The van der Waals surface area contributed by atoms with E-state index in [2.05, 4.69) is 16.8 Å². The van der Waals surface area contributed by atoms with Crippen LogP contribution in [-0.4, -0.2) is 74.7 Å². The number of esters is 1. The molecule has 2 aliphatic heterocycles. The number of carbonyl (C=O) groups is 1. The van der Waals surface area contributed by atoms with Crippen LogP contribution in [0.5, 0.6) is 0 Å². The molecule has 2 aromatic rings. The van der Waals surface area contributed by atoms with E-state index in [9.17, 15) is 26.4 Å². The summed E-state index contributed by atoms with van der Waals surface area (Å²) >= 11 is 0. The third kappa shape index (κ3) is 4.97. The normalized spacial score (nSPS) is 26.6. The number of halogens is 3. The summed E-state index contributed by atoms with van der Waals surface area (Å²) in [4.78, 5) is 18.6. The van der Waals surface area contributed by atoms with Gasteiger partial charge < -0.3 is 14.6 Å². The van der Waals surface area contributed by atoms with Crippen molar-refractivity contribution in [1.29, 1.82) is 0 Å². The number of benzene rings is 1. The van der Waals surface area contributed by atoms with E-state index in [0.29, 0.717) is 56.1 Å². The van der Waals surface area contributed by atoms with Crippen LogP contribution < -0.4 is 0 Å². The predicted molar refractivity (Wildman–Crippen MR) is 138 cm³/mol. The van der Waals surface area contributed by atoms with Gasteiger partial charge in [-0.1, -0.05) is 6.92 Å². The number of hydrogen-bond donors (Lipinski definition) is 1. The quantitative estimate of drug-likeness (QED) is 0.554. The molecule has 1 aromatic carbocycles. The standard InChI is InChI=1S/C27H36F3N3O4S/c1-17-21-16-32(11-7-26(25(34)37-2)8-12-33(13-9-26)38(3,35)36)10-6-18(21)14-23-24(17)20-15-19(27(28,29)30)4-5-22(20)31-23/h4-5,15,17-18,21,31H,6-14,16H2,1-3H3/t17-,18-,21-/m1/s1. The lowest BCUT2D eigenvalue weighted by atomic mass is 9.68. The second-order valence-electron chi connectivity index (χ2n) is 11.5. The van der Waals surface area contributed by atoms with Gasteiger partial charge in [-0.05, 0) is 86.7 Å². The number of likely N-dealkylation sites (tertiary alicyclic amines) is 1. The van der Waals surface area contributed by atoms with Crippen LogP contribution in [0.3, 0.4) is 0 Å². The summed E-state index contributed by atoms with van der Waals surface area (Å²) in [6.07, 6.45) is 0.0966. The Hall–Kier alpha value is -2.11. The van der Waals surface area contributed by atoms with Crippen molar-refractivity contribution in [2.24, 2.45) is 17.3 Å². The van der Waals surface area contributed by atoms with Gasteiger partial charge in [0, 0.05) is 36.2 Å². The number of H-pyrrole nitrogens is 1. The molecule has 11 heteroatoms. The highest BCUT2D eigenvalue weighted by Crippen LogP contribution is 2.47. The number of rotatable bonds is 5. The van der Waals surface area contributed by atoms with Crippen LogP contribution in [0.25, 0.3) is 10.9 Å². The van der Waals surface area contributed by atoms with Gasteiger partial charge in [-0.3, -0.25) is 4.79 Å². The molecule has 0 spiro atoms. The second-order valence-corrected chi connectivity index (χ2v) is 13.4. The Bertz CT molecular complexity index is 1310. The SMILES string of the molecule is COC(=O)C1(CCN2CC[C@@H]3Cc4[nH]c5ccc(C(F)(F)F)cc5c4[C@H](C)[C@H]3C2)CCN(S(C)(=O)=O)CC1. The number of fused-ring (bicyclic) bond motifs is 4. The van der Waals surface area contributed by atoms with Crippen LogP contribution in [0.1, 0.15) is 55.3 Å². The van der Waals surface area contributed by atoms with Gasteiger partial charge in [-0.15, -0.1) is 0 Å². The van der Waals surface area contributed by atoms with Crippen LogP contribution in [-0.2, 0) is 32.2 Å². The number of hydrogen-bond acceptors (Lipinski definition) is 5. The van der Waals surface area contributed by atoms with E-state index in [1.807, 2.05) is 0 Å². The summed E-state index contributed by atoms with van der Waals surface area (Å²) < 4.78 is 70.8. The van der Waals surface area contributed by atoms with E-state index < -0.39 is 27.2 Å². The highest BCUT2D eigenvalue weighted by molar-refractivity contribution is 7.88. The van der Waals surface area contributed by atoms with Crippen molar-refractivity contribution in [2.45, 2.75) is 51.1 Å². The Balaban J connectivity index is 1.31. The first-order chi connectivity index (χ1) is 17.8. The zero-order valence-corrected chi connectivity index (χ0v) is 22.9. The first-order valence-corrected chi connectivity index (χ1v) is 15.1. The van der Waals surface area contributed by atoms with Crippen LogP contribution >= 0.6 is 0 Å². The summed E-state index contributed by atoms with van der Waals surface area (Å²) in [5, 5.41) is 0.667. The molecule has 0 unspecified atom stereocenters. The first kappa shape index (κ1) is 27.5. The van der Waals surface area contributed by atoms with Gasteiger partial charge in [0.2, 0.25) is 10.0 Å². The van der Waals surface area contributed by atoms with Crippen LogP contribution in [0.2, 0.25) is 0 Å². The predicted octanol–water partition coefficient (Wildman–Crippen LogP) is 4.39. The van der Waals surface area contributed by atoms with E-state index >= 15 is 0 Å². The fourth-order valence-corrected chi connectivity index (χ4v) is 7.96. The monoisotopic (exact) mass is 555 g/mol. The van der Waals surface area contributed by atoms with Crippen LogP contribution in [0, 0.1) is 17.3 Å². The molecule has 210 valence electrons. The number of nitrogens with zero attached hydrogens (tertiary/aromatic N) is 2. The summed E-state index contributed by atoms with van der Waals surface area (Å²) in [5.41, 5.74) is 1.49. The first-order valence-electron chi connectivity index (χ1n) is 13.3. The average molecular weight is 556 g/mol. The van der Waals surface area contributed by atoms with Crippen LogP contribution in [0.15, 0.2) is 18.2 Å². The van der Waals surface area contributed by atoms with Gasteiger partial charge >= 0.3 is 12.1 Å². The molecule has 2 fully saturated rings. The molecule has 7 nitrogen and oxygen atoms in total. The van der Waals surface area contributed by atoms with E-state index in [1.54, 1.807) is 6.07 Å².